The van der Waals surface area contributed by atoms with E-state index >= 15 is 0 Å². The minimum absolute atomic E-state index is 0.642. The Labute approximate surface area is 105 Å². The molecule has 78 valence electrons. The van der Waals surface area contributed by atoms with Gasteiger partial charge in [-0.3, -0.25) is 0 Å². The Kier molecular flexibility index (Phi) is 3.47. The number of thiazole rings is 1. The average Bonchev–Trinajstić information content (AvgIpc) is 2.64. The van der Waals surface area contributed by atoms with Gasteiger partial charge >= 0.3 is 0 Å². The van der Waals surface area contributed by atoms with E-state index in [-0.39, 0.29) is 0 Å². The van der Waals surface area contributed by atoms with E-state index in [9.17, 15) is 0 Å². The van der Waals surface area contributed by atoms with Crippen molar-refractivity contribution in [3.05, 3.63) is 32.0 Å². The second-order valence-corrected chi connectivity index (χ2v) is 5.51. The van der Waals surface area contributed by atoms with Gasteiger partial charge in [-0.1, -0.05) is 0 Å². The predicted octanol–water partition coefficient (Wildman–Crippen LogP) is 2.46. The number of rotatable bonds is 3. The second-order valence-electron chi connectivity index (χ2n) is 2.94. The topological polar surface area (TPSA) is 50.7 Å². The molecule has 0 amide bonds. The van der Waals surface area contributed by atoms with E-state index < -0.39 is 0 Å². The fraction of sp³-hybridized carbons (Fsp3) is 0.222. The molecule has 2 aromatic heterocycles. The molecule has 0 unspecified atom stereocenters. The lowest BCUT2D eigenvalue weighted by atomic mass is 10.6. The summed E-state index contributed by atoms with van der Waals surface area (Å²) in [5.74, 6) is 0.642. The predicted molar refractivity (Wildman–Crippen MR) is 68.9 cm³/mol. The molecule has 0 aromatic carbocycles. The first-order valence-electron chi connectivity index (χ1n) is 4.37. The average molecular weight is 332 g/mol. The second kappa shape index (κ2) is 4.84. The number of aromatic nitrogens is 3. The fourth-order valence-electron chi connectivity index (χ4n) is 1.04. The highest BCUT2D eigenvalue weighted by molar-refractivity contribution is 14.1. The number of nitrogens with one attached hydrogen (secondary N) is 1. The molecular weight excluding hydrogens is 323 g/mol. The van der Waals surface area contributed by atoms with Crippen molar-refractivity contribution in [2.24, 2.45) is 0 Å². The molecule has 0 aliphatic heterocycles. The standard InChI is InChI=1S/C9H9IN4S/c1-6-2-11-8(15-6)5-14-9-12-3-7(10)4-13-9/h2-4H,5H2,1H3,(H,12,13,14). The molecule has 0 atom stereocenters. The van der Waals surface area contributed by atoms with Crippen molar-refractivity contribution < 1.29 is 0 Å². The van der Waals surface area contributed by atoms with Crippen molar-refractivity contribution in [1.82, 2.24) is 15.0 Å². The normalized spacial score (nSPS) is 10.3. The first kappa shape index (κ1) is 10.7. The Balaban J connectivity index is 1.96. The summed E-state index contributed by atoms with van der Waals surface area (Å²) in [5, 5.41) is 4.17. The number of hydrogen-bond acceptors (Lipinski definition) is 5. The molecule has 15 heavy (non-hydrogen) atoms. The lowest BCUT2D eigenvalue weighted by Gasteiger charge is -2.00. The van der Waals surface area contributed by atoms with Crippen LogP contribution in [0.4, 0.5) is 5.95 Å². The van der Waals surface area contributed by atoms with E-state index in [1.54, 1.807) is 23.7 Å². The molecule has 6 heteroatoms. The maximum Gasteiger partial charge on any atom is 0.222 e. The number of aryl methyl sites for hydroxylation is 1. The monoisotopic (exact) mass is 332 g/mol. The van der Waals surface area contributed by atoms with Crippen LogP contribution in [0.25, 0.3) is 0 Å². The molecule has 0 saturated carbocycles. The molecule has 0 fully saturated rings. The third-order valence-electron chi connectivity index (χ3n) is 1.69. The molecule has 4 nitrogen and oxygen atoms in total. The summed E-state index contributed by atoms with van der Waals surface area (Å²) < 4.78 is 1.03. The largest absolute Gasteiger partial charge is 0.348 e. The van der Waals surface area contributed by atoms with Gasteiger partial charge in [0.1, 0.15) is 5.01 Å². The van der Waals surface area contributed by atoms with Crippen LogP contribution in [-0.4, -0.2) is 15.0 Å². The highest BCUT2D eigenvalue weighted by Gasteiger charge is 1.99. The summed E-state index contributed by atoms with van der Waals surface area (Å²) in [6.45, 7) is 2.72. The zero-order valence-corrected chi connectivity index (χ0v) is 11.0. The number of nitrogens with zero attached hydrogens (tertiary/aromatic N) is 3. The summed E-state index contributed by atoms with van der Waals surface area (Å²) in [6, 6.07) is 0. The summed E-state index contributed by atoms with van der Waals surface area (Å²) >= 11 is 3.86. The zero-order valence-electron chi connectivity index (χ0n) is 8.07. The molecule has 2 aromatic rings. The van der Waals surface area contributed by atoms with Crippen LogP contribution in [0, 0.1) is 10.5 Å². The number of anilines is 1. The summed E-state index contributed by atoms with van der Waals surface area (Å²) in [6.07, 6.45) is 5.43. The maximum atomic E-state index is 4.25. The van der Waals surface area contributed by atoms with Gasteiger partial charge in [-0.15, -0.1) is 11.3 Å². The van der Waals surface area contributed by atoms with E-state index in [1.807, 2.05) is 13.1 Å². The zero-order chi connectivity index (χ0) is 10.7. The van der Waals surface area contributed by atoms with Crippen molar-refractivity contribution in [3.8, 4) is 0 Å². The molecule has 0 spiro atoms. The van der Waals surface area contributed by atoms with Gasteiger partial charge in [0.05, 0.1) is 6.54 Å². The highest BCUT2D eigenvalue weighted by atomic mass is 127. The fourth-order valence-corrected chi connectivity index (χ4v) is 2.05. The summed E-state index contributed by atoms with van der Waals surface area (Å²) in [7, 11) is 0. The molecule has 0 bridgehead atoms. The van der Waals surface area contributed by atoms with Crippen molar-refractivity contribution in [1.29, 1.82) is 0 Å². The Hall–Kier alpha value is -0.760. The van der Waals surface area contributed by atoms with Crippen molar-refractivity contribution in [2.75, 3.05) is 5.32 Å². The smallest absolute Gasteiger partial charge is 0.222 e. The molecule has 0 radical (unpaired) electrons. The van der Waals surface area contributed by atoms with Gasteiger partial charge < -0.3 is 5.32 Å². The van der Waals surface area contributed by atoms with E-state index in [2.05, 4.69) is 42.9 Å². The van der Waals surface area contributed by atoms with Crippen LogP contribution in [0.2, 0.25) is 0 Å². The van der Waals surface area contributed by atoms with Crippen molar-refractivity contribution in [3.63, 3.8) is 0 Å². The molecule has 0 aliphatic carbocycles. The number of hydrogen-bond donors (Lipinski definition) is 1. The van der Waals surface area contributed by atoms with Gasteiger partial charge in [0, 0.05) is 27.0 Å². The van der Waals surface area contributed by atoms with Crippen LogP contribution in [0.3, 0.4) is 0 Å². The molecule has 0 aliphatic rings. The SMILES string of the molecule is Cc1cnc(CNc2ncc(I)cn2)s1. The number of halogens is 1. The molecule has 2 rings (SSSR count). The van der Waals surface area contributed by atoms with Crippen LogP contribution in [0.1, 0.15) is 9.88 Å². The lowest BCUT2D eigenvalue weighted by molar-refractivity contribution is 1.03. The molecular formula is C9H9IN4S. The van der Waals surface area contributed by atoms with Crippen LogP contribution >= 0.6 is 33.9 Å². The van der Waals surface area contributed by atoms with E-state index in [0.29, 0.717) is 12.5 Å². The van der Waals surface area contributed by atoms with Crippen LogP contribution in [0.5, 0.6) is 0 Å². The van der Waals surface area contributed by atoms with Crippen LogP contribution in [0.15, 0.2) is 18.6 Å². The molecule has 0 saturated heterocycles. The van der Waals surface area contributed by atoms with Crippen molar-refractivity contribution >= 4 is 39.9 Å². The van der Waals surface area contributed by atoms with E-state index in [0.717, 1.165) is 8.58 Å². The van der Waals surface area contributed by atoms with Gasteiger partial charge in [-0.05, 0) is 29.5 Å². The highest BCUT2D eigenvalue weighted by Crippen LogP contribution is 2.12. The minimum atomic E-state index is 0.642. The first-order chi connectivity index (χ1) is 7.24. The van der Waals surface area contributed by atoms with Crippen LogP contribution in [-0.2, 0) is 6.54 Å². The Morgan fingerprint density at radius 2 is 2.00 bits per heavy atom. The van der Waals surface area contributed by atoms with E-state index in [4.69, 9.17) is 0 Å². The van der Waals surface area contributed by atoms with E-state index in [1.165, 1.54) is 4.88 Å². The van der Waals surface area contributed by atoms with Gasteiger partial charge in [0.15, 0.2) is 0 Å². The quantitative estimate of drug-likeness (QED) is 0.878. The molecule has 1 N–H and O–H groups in total. The van der Waals surface area contributed by atoms with Crippen molar-refractivity contribution in [2.45, 2.75) is 13.5 Å². The summed E-state index contributed by atoms with van der Waals surface area (Å²) in [4.78, 5) is 13.8. The van der Waals surface area contributed by atoms with Gasteiger partial charge in [0.2, 0.25) is 5.95 Å². The third-order valence-corrected chi connectivity index (χ3v) is 3.16. The molecule has 2 heterocycles. The minimum Gasteiger partial charge on any atom is -0.348 e. The van der Waals surface area contributed by atoms with Gasteiger partial charge in [-0.2, -0.15) is 0 Å². The Morgan fingerprint density at radius 1 is 1.27 bits per heavy atom. The van der Waals surface area contributed by atoms with Crippen LogP contribution < -0.4 is 5.32 Å². The van der Waals surface area contributed by atoms with Gasteiger partial charge in [0.25, 0.3) is 0 Å². The summed E-state index contributed by atoms with van der Waals surface area (Å²) in [5.41, 5.74) is 0. The lowest BCUT2D eigenvalue weighted by Crippen LogP contribution is -2.02. The maximum absolute atomic E-state index is 4.25. The Morgan fingerprint density at radius 3 is 2.60 bits per heavy atom. The van der Waals surface area contributed by atoms with Gasteiger partial charge in [-0.25, -0.2) is 15.0 Å². The third kappa shape index (κ3) is 3.10. The Bertz CT molecular complexity index is 440. The first-order valence-corrected chi connectivity index (χ1v) is 6.26.